The van der Waals surface area contributed by atoms with Crippen LogP contribution in [0.25, 0.3) is 0 Å². The molecule has 0 aromatic heterocycles. The highest BCUT2D eigenvalue weighted by molar-refractivity contribution is 9.09. The van der Waals surface area contributed by atoms with Gasteiger partial charge in [-0.25, -0.2) is 0 Å². The highest BCUT2D eigenvalue weighted by Gasteiger charge is 2.43. The van der Waals surface area contributed by atoms with Crippen LogP contribution in [0.4, 0.5) is 0 Å². The molecule has 1 heterocycles. The van der Waals surface area contributed by atoms with E-state index in [1.165, 1.54) is 7.11 Å². The van der Waals surface area contributed by atoms with Gasteiger partial charge < -0.3 is 14.6 Å². The minimum atomic E-state index is -0.658. The van der Waals surface area contributed by atoms with Crippen molar-refractivity contribution in [3.05, 3.63) is 0 Å². The van der Waals surface area contributed by atoms with Crippen molar-refractivity contribution < 1.29 is 19.4 Å². The van der Waals surface area contributed by atoms with E-state index in [0.29, 0.717) is 11.2 Å². The lowest BCUT2D eigenvalue weighted by molar-refractivity contribution is -0.168. The van der Waals surface area contributed by atoms with Gasteiger partial charge in [0.1, 0.15) is 0 Å². The van der Waals surface area contributed by atoms with Crippen molar-refractivity contribution >= 4 is 21.9 Å². The molecule has 0 radical (unpaired) electrons. The molecule has 17 heavy (non-hydrogen) atoms. The third kappa shape index (κ3) is 3.66. The molecule has 3 atom stereocenters. The van der Waals surface area contributed by atoms with Gasteiger partial charge in [0.2, 0.25) is 0 Å². The Hall–Kier alpha value is -0.130. The molecule has 0 bridgehead atoms. The molecule has 1 saturated heterocycles. The lowest BCUT2D eigenvalue weighted by Crippen LogP contribution is -2.46. The molecule has 0 saturated carbocycles. The van der Waals surface area contributed by atoms with Gasteiger partial charge in [-0.05, 0) is 33.1 Å². The second-order valence-corrected chi connectivity index (χ2v) is 6.34. The summed E-state index contributed by atoms with van der Waals surface area (Å²) in [6.45, 7) is 3.78. The predicted molar refractivity (Wildman–Crippen MR) is 68.1 cm³/mol. The molecule has 100 valence electrons. The van der Waals surface area contributed by atoms with Crippen LogP contribution in [-0.2, 0) is 14.3 Å². The van der Waals surface area contributed by atoms with E-state index >= 15 is 0 Å². The number of rotatable bonds is 4. The highest BCUT2D eigenvalue weighted by Crippen LogP contribution is 2.36. The van der Waals surface area contributed by atoms with Crippen LogP contribution in [0.3, 0.4) is 0 Å². The third-order valence-corrected chi connectivity index (χ3v) is 4.06. The monoisotopic (exact) mass is 308 g/mol. The van der Waals surface area contributed by atoms with E-state index in [9.17, 15) is 4.79 Å². The fourth-order valence-electron chi connectivity index (χ4n) is 2.15. The summed E-state index contributed by atoms with van der Waals surface area (Å²) in [6.07, 6.45) is 2.09. The number of aliphatic hydroxyl groups excluding tert-OH is 1. The van der Waals surface area contributed by atoms with Gasteiger partial charge in [-0.2, -0.15) is 0 Å². The Kier molecular flexibility index (Phi) is 5.41. The number of hydrogen-bond donors (Lipinski definition) is 1. The smallest absolute Gasteiger partial charge is 0.313 e. The number of halogens is 1. The van der Waals surface area contributed by atoms with Crippen molar-refractivity contribution in [3.8, 4) is 0 Å². The van der Waals surface area contributed by atoms with Gasteiger partial charge in [0, 0.05) is 11.4 Å². The molecule has 1 rings (SSSR count). The Balaban J connectivity index is 2.72. The zero-order valence-corrected chi connectivity index (χ0v) is 12.2. The van der Waals surface area contributed by atoms with E-state index in [1.807, 2.05) is 13.8 Å². The van der Waals surface area contributed by atoms with Crippen LogP contribution < -0.4 is 0 Å². The first-order valence-corrected chi connectivity index (χ1v) is 6.82. The van der Waals surface area contributed by atoms with Crippen LogP contribution in [0.15, 0.2) is 0 Å². The molecule has 0 aromatic carbocycles. The lowest BCUT2D eigenvalue weighted by Gasteiger charge is -2.40. The SMILES string of the molecule is COC(=O)C(C)(C)[C@H]1C[C@@H](Br)C[C@@H](CCO)O1. The summed E-state index contributed by atoms with van der Waals surface area (Å²) in [5.74, 6) is -0.258. The zero-order valence-electron chi connectivity index (χ0n) is 10.6. The maximum Gasteiger partial charge on any atom is 0.313 e. The average molecular weight is 309 g/mol. The molecular weight excluding hydrogens is 288 g/mol. The van der Waals surface area contributed by atoms with Crippen LogP contribution >= 0.6 is 15.9 Å². The standard InChI is InChI=1S/C12H21BrO4/c1-12(2,11(15)16-3)10-7-8(13)6-9(17-10)4-5-14/h8-10,14H,4-7H2,1-3H3/t8-,9+,10+/m0/s1. The summed E-state index contributed by atoms with van der Waals surface area (Å²) in [5.41, 5.74) is -0.658. The van der Waals surface area contributed by atoms with Crippen LogP contribution in [0.1, 0.15) is 33.1 Å². The lowest BCUT2D eigenvalue weighted by atomic mass is 9.81. The van der Waals surface area contributed by atoms with Gasteiger partial charge in [-0.1, -0.05) is 15.9 Å². The van der Waals surface area contributed by atoms with Gasteiger partial charge in [-0.3, -0.25) is 4.79 Å². The first-order chi connectivity index (χ1) is 7.91. The quantitative estimate of drug-likeness (QED) is 0.636. The molecular formula is C12H21BrO4. The Labute approximate surface area is 111 Å². The van der Waals surface area contributed by atoms with Gasteiger partial charge >= 0.3 is 5.97 Å². The topological polar surface area (TPSA) is 55.8 Å². The van der Waals surface area contributed by atoms with Crippen LogP contribution in [0.5, 0.6) is 0 Å². The minimum Gasteiger partial charge on any atom is -0.469 e. The minimum absolute atomic E-state index is 0.00653. The fourth-order valence-corrected chi connectivity index (χ4v) is 2.90. The summed E-state index contributed by atoms with van der Waals surface area (Å²) < 4.78 is 10.7. The van der Waals surface area contributed by atoms with Crippen LogP contribution in [-0.4, -0.2) is 41.8 Å². The van der Waals surface area contributed by atoms with Gasteiger partial charge in [-0.15, -0.1) is 0 Å². The third-order valence-electron chi connectivity index (χ3n) is 3.31. The second-order valence-electron chi connectivity index (χ2n) is 5.04. The number of esters is 1. The number of carbonyl (C=O) groups is 1. The molecule has 4 nitrogen and oxygen atoms in total. The van der Waals surface area contributed by atoms with E-state index in [4.69, 9.17) is 14.6 Å². The highest BCUT2D eigenvalue weighted by atomic mass is 79.9. The Morgan fingerprint density at radius 2 is 2.18 bits per heavy atom. The summed E-state index contributed by atoms with van der Waals surface area (Å²) in [4.78, 5) is 12.1. The Bertz CT molecular complexity index is 267. The molecule has 0 aromatic rings. The first-order valence-electron chi connectivity index (χ1n) is 5.90. The molecule has 0 unspecified atom stereocenters. The number of methoxy groups -OCH3 is 1. The molecule has 5 heteroatoms. The molecule has 1 fully saturated rings. The average Bonchev–Trinajstić information content (AvgIpc) is 2.27. The molecule has 1 aliphatic heterocycles. The van der Waals surface area contributed by atoms with Crippen molar-refractivity contribution in [2.75, 3.05) is 13.7 Å². The van der Waals surface area contributed by atoms with Crippen molar-refractivity contribution in [2.45, 2.75) is 50.1 Å². The molecule has 0 spiro atoms. The molecule has 1 aliphatic rings. The maximum absolute atomic E-state index is 11.7. The Morgan fingerprint density at radius 1 is 1.53 bits per heavy atom. The number of alkyl halides is 1. The summed E-state index contributed by atoms with van der Waals surface area (Å²) in [6, 6.07) is 0. The van der Waals surface area contributed by atoms with Crippen molar-refractivity contribution in [1.29, 1.82) is 0 Å². The van der Waals surface area contributed by atoms with E-state index in [-0.39, 0.29) is 24.8 Å². The molecule has 0 aliphatic carbocycles. The number of ether oxygens (including phenoxy) is 2. The molecule has 1 N–H and O–H groups in total. The summed E-state index contributed by atoms with van der Waals surface area (Å²) in [5, 5.41) is 8.96. The van der Waals surface area contributed by atoms with Gasteiger partial charge in [0.15, 0.2) is 0 Å². The van der Waals surface area contributed by atoms with Crippen molar-refractivity contribution in [2.24, 2.45) is 5.41 Å². The van der Waals surface area contributed by atoms with E-state index in [0.717, 1.165) is 12.8 Å². The van der Waals surface area contributed by atoms with Gasteiger partial charge in [0.25, 0.3) is 0 Å². The van der Waals surface area contributed by atoms with E-state index in [2.05, 4.69) is 15.9 Å². The van der Waals surface area contributed by atoms with E-state index < -0.39 is 5.41 Å². The van der Waals surface area contributed by atoms with Gasteiger partial charge in [0.05, 0.1) is 24.7 Å². The zero-order chi connectivity index (χ0) is 13.1. The summed E-state index contributed by atoms with van der Waals surface area (Å²) in [7, 11) is 1.39. The molecule has 0 amide bonds. The van der Waals surface area contributed by atoms with Crippen molar-refractivity contribution in [1.82, 2.24) is 0 Å². The van der Waals surface area contributed by atoms with Crippen LogP contribution in [0.2, 0.25) is 0 Å². The number of hydrogen-bond acceptors (Lipinski definition) is 4. The predicted octanol–water partition coefficient (Wildman–Crippen LogP) is 1.88. The number of aliphatic hydroxyl groups is 1. The first kappa shape index (κ1) is 14.9. The number of carbonyl (C=O) groups excluding carboxylic acids is 1. The Morgan fingerprint density at radius 3 is 2.71 bits per heavy atom. The maximum atomic E-state index is 11.7. The normalized spacial score (nSPS) is 30.1. The van der Waals surface area contributed by atoms with Crippen LogP contribution in [0, 0.1) is 5.41 Å². The largest absolute Gasteiger partial charge is 0.469 e. The second kappa shape index (κ2) is 6.16. The van der Waals surface area contributed by atoms with E-state index in [1.54, 1.807) is 0 Å². The van der Waals surface area contributed by atoms with Crippen molar-refractivity contribution in [3.63, 3.8) is 0 Å². The fraction of sp³-hybridized carbons (Fsp3) is 0.917. The summed E-state index contributed by atoms with van der Waals surface area (Å²) >= 11 is 3.59.